The molecule has 0 radical (unpaired) electrons. The minimum atomic E-state index is 0. The Morgan fingerprint density at radius 3 is 1.35 bits per heavy atom. The van der Waals surface area contributed by atoms with Crippen molar-refractivity contribution in [3.05, 3.63) is 69.4 Å². The zero-order valence-corrected chi connectivity index (χ0v) is 28.5. The van der Waals surface area contributed by atoms with E-state index in [0.717, 1.165) is 55.2 Å². The summed E-state index contributed by atoms with van der Waals surface area (Å²) in [6.45, 7) is 9.36. The molecule has 0 saturated carbocycles. The first kappa shape index (κ1) is 44.1. The fourth-order valence-corrected chi connectivity index (χ4v) is 4.05. The number of halogens is 5. The Labute approximate surface area is 281 Å². The van der Waals surface area contributed by atoms with Gasteiger partial charge < -0.3 is 26.1 Å². The number of benzene rings is 2. The van der Waals surface area contributed by atoms with E-state index in [4.69, 9.17) is 66.2 Å². The largest absolute Gasteiger partial charge is 1.00 e. The summed E-state index contributed by atoms with van der Waals surface area (Å²) >= 11 is 26.2. The van der Waals surface area contributed by atoms with Crippen molar-refractivity contribution in [2.45, 2.75) is 33.1 Å². The number of hydrogen-bond acceptors (Lipinski definition) is 6. The molecule has 0 amide bonds. The number of rotatable bonds is 11. The Hall–Kier alpha value is -0.363. The van der Waals surface area contributed by atoms with Crippen LogP contribution in [0.1, 0.15) is 33.1 Å². The number of phenolic OH excluding ortho intramolecular Hbond substituents is 1. The van der Waals surface area contributed by atoms with E-state index in [1.54, 1.807) is 12.1 Å². The molecule has 2 aromatic carbocycles. The standard InChI is InChI=1S/C10H12BrCl2N.C10H13Cl2NO.C4H8O.C4H9.Li.O2/c11-9-1-3-10(4-2-9)14(7-5-12)8-6-13;11-5-7-13(8-6-12)9-1-3-10(14)4-2-9;1-2-4-5-3-1;1-3-4-2;;1-2/h1-4H,5-8H2;1-4,14H,5-8H2;1-4H2;3H,4H2,1-2H3;;/q;;;-1;+1;. The third-order valence-corrected chi connectivity index (χ3v) is 6.26. The van der Waals surface area contributed by atoms with Crippen molar-refractivity contribution in [3.63, 3.8) is 0 Å². The predicted octanol–water partition coefficient (Wildman–Crippen LogP) is 5.90. The van der Waals surface area contributed by atoms with Crippen LogP contribution in [-0.2, 0) is 4.74 Å². The van der Waals surface area contributed by atoms with Crippen LogP contribution >= 0.6 is 62.3 Å². The minimum absolute atomic E-state index is 0. The van der Waals surface area contributed by atoms with Gasteiger partial charge >= 0.3 is 18.9 Å². The van der Waals surface area contributed by atoms with Crippen LogP contribution in [0.2, 0.25) is 0 Å². The second-order valence-electron chi connectivity index (χ2n) is 7.86. The molecule has 0 bridgehead atoms. The van der Waals surface area contributed by atoms with Gasteiger partial charge in [-0.2, -0.15) is 13.3 Å². The van der Waals surface area contributed by atoms with Crippen LogP contribution in [0.4, 0.5) is 11.4 Å². The van der Waals surface area contributed by atoms with Crippen molar-refractivity contribution in [1.29, 1.82) is 0 Å². The van der Waals surface area contributed by atoms with Crippen LogP contribution in [0.3, 0.4) is 0 Å². The van der Waals surface area contributed by atoms with Gasteiger partial charge in [-0.25, -0.2) is 0 Å². The van der Waals surface area contributed by atoms with Crippen LogP contribution < -0.4 is 28.7 Å². The number of anilines is 2. The maximum atomic E-state index is 9.13. The Morgan fingerprint density at radius 2 is 1.10 bits per heavy atom. The molecule has 1 aliphatic rings. The summed E-state index contributed by atoms with van der Waals surface area (Å²) in [5.74, 6) is 2.64. The smallest absolute Gasteiger partial charge is 0.508 e. The number of aromatic hydroxyl groups is 1. The topological polar surface area (TPSA) is 70.1 Å². The van der Waals surface area contributed by atoms with Crippen molar-refractivity contribution in [3.8, 4) is 5.75 Å². The van der Waals surface area contributed by atoms with Crippen molar-refractivity contribution in [1.82, 2.24) is 0 Å². The molecule has 0 atom stereocenters. The molecular weight excluding hydrogens is 657 g/mol. The zero-order chi connectivity index (χ0) is 29.7. The summed E-state index contributed by atoms with van der Waals surface area (Å²) < 4.78 is 6.03. The van der Waals surface area contributed by atoms with Crippen LogP contribution in [0, 0.1) is 16.4 Å². The molecule has 0 unspecified atom stereocenters. The maximum Gasteiger partial charge on any atom is 1.00 e. The van der Waals surface area contributed by atoms with Gasteiger partial charge in [0, 0.05) is 88.7 Å². The molecule has 224 valence electrons. The Balaban J connectivity index is -0.000000492. The van der Waals surface area contributed by atoms with Crippen molar-refractivity contribution >= 4 is 73.7 Å². The quantitative estimate of drug-likeness (QED) is 0.179. The van der Waals surface area contributed by atoms with E-state index < -0.39 is 0 Å². The summed E-state index contributed by atoms with van der Waals surface area (Å²) in [5, 5.41) is 9.13. The fourth-order valence-electron chi connectivity index (χ4n) is 2.97. The van der Waals surface area contributed by atoms with E-state index in [2.05, 4.69) is 58.1 Å². The summed E-state index contributed by atoms with van der Waals surface area (Å²) in [6, 6.07) is 15.2. The van der Waals surface area contributed by atoms with Gasteiger partial charge in [0.15, 0.2) is 0 Å². The number of hydrogen-bond donors (Lipinski definition) is 1. The fraction of sp³-hybridized carbons (Fsp3) is 0.536. The van der Waals surface area contributed by atoms with Crippen molar-refractivity contribution < 1.29 is 28.7 Å². The molecule has 1 aliphatic heterocycles. The van der Waals surface area contributed by atoms with E-state index in [0.29, 0.717) is 23.5 Å². The number of alkyl halides is 4. The Morgan fingerprint density at radius 1 is 0.775 bits per heavy atom. The molecule has 1 saturated heterocycles. The summed E-state index contributed by atoms with van der Waals surface area (Å²) in [7, 11) is 0. The van der Waals surface area contributed by atoms with Crippen LogP contribution in [-0.4, -0.2) is 68.0 Å². The molecule has 0 aromatic heterocycles. The number of nitrogens with zero attached hydrogens (tertiary/aromatic N) is 2. The molecule has 6 nitrogen and oxygen atoms in total. The molecular formula is C28H42BrCl4LiN2O4. The molecule has 3 rings (SSSR count). The van der Waals surface area contributed by atoms with Gasteiger partial charge in [0.05, 0.1) is 0 Å². The first-order valence-corrected chi connectivity index (χ1v) is 15.7. The molecule has 2 aromatic rings. The minimum Gasteiger partial charge on any atom is -0.508 e. The molecule has 0 spiro atoms. The summed E-state index contributed by atoms with van der Waals surface area (Å²) in [6.07, 6.45) is 5.88. The Kier molecular flexibility index (Phi) is 36.5. The van der Waals surface area contributed by atoms with Gasteiger partial charge in [-0.1, -0.05) is 22.9 Å². The van der Waals surface area contributed by atoms with E-state index in [9.17, 15) is 0 Å². The molecule has 12 heteroatoms. The van der Waals surface area contributed by atoms with E-state index in [1.807, 2.05) is 24.3 Å². The second-order valence-corrected chi connectivity index (χ2v) is 10.3. The average Bonchev–Trinajstić information content (AvgIpc) is 3.56. The zero-order valence-electron chi connectivity index (χ0n) is 23.8. The van der Waals surface area contributed by atoms with Gasteiger partial charge in [-0.3, -0.25) is 0 Å². The normalized spacial score (nSPS) is 11.0. The number of unbranched alkanes of at least 4 members (excludes halogenated alkanes) is 1. The van der Waals surface area contributed by atoms with Gasteiger partial charge in [0.2, 0.25) is 0 Å². The molecule has 1 heterocycles. The van der Waals surface area contributed by atoms with Crippen molar-refractivity contribution in [2.24, 2.45) is 0 Å². The molecule has 40 heavy (non-hydrogen) atoms. The van der Waals surface area contributed by atoms with Crippen LogP contribution in [0.15, 0.2) is 53.0 Å². The van der Waals surface area contributed by atoms with Gasteiger partial charge in [0.25, 0.3) is 0 Å². The van der Waals surface area contributed by atoms with Gasteiger partial charge in [0.1, 0.15) is 5.75 Å². The predicted molar refractivity (Wildman–Crippen MR) is 177 cm³/mol. The second kappa shape index (κ2) is 33.1. The third-order valence-electron chi connectivity index (χ3n) is 5.06. The first-order chi connectivity index (χ1) is 19.0. The molecule has 0 aliphatic carbocycles. The first-order valence-electron chi connectivity index (χ1n) is 12.8. The van der Waals surface area contributed by atoms with Gasteiger partial charge in [-0.15, -0.1) is 46.4 Å². The number of ether oxygens (including phenoxy) is 1. The van der Waals surface area contributed by atoms with Gasteiger partial charge in [-0.05, 0) is 61.4 Å². The molecule has 1 N–H and O–H groups in total. The Bertz CT molecular complexity index is 701. The maximum absolute atomic E-state index is 9.13. The summed E-state index contributed by atoms with van der Waals surface area (Å²) in [5.41, 5.74) is 2.19. The van der Waals surface area contributed by atoms with E-state index in [1.165, 1.54) is 19.3 Å². The molecule has 1 fully saturated rings. The monoisotopic (exact) mass is 696 g/mol. The SMILES string of the molecule is C1CCOC1.C[CH-]CC.ClCCN(CCCl)c1ccc(Br)cc1.O=O.Oc1ccc(N(CCCl)CCCl)cc1.[Li+]. The number of phenols is 1. The third kappa shape index (κ3) is 24.3. The summed E-state index contributed by atoms with van der Waals surface area (Å²) in [4.78, 5) is 18.3. The van der Waals surface area contributed by atoms with Crippen LogP contribution in [0.5, 0.6) is 5.75 Å². The van der Waals surface area contributed by atoms with Crippen LogP contribution in [0.25, 0.3) is 0 Å². The average molecular weight is 699 g/mol. The van der Waals surface area contributed by atoms with E-state index in [-0.39, 0.29) is 24.6 Å². The van der Waals surface area contributed by atoms with Crippen molar-refractivity contribution in [2.75, 3.05) is 72.7 Å². The van der Waals surface area contributed by atoms with E-state index >= 15 is 0 Å².